The molecular formula is C12H16ClN3O2. The number of nitrogens with zero attached hydrogens (tertiary/aromatic N) is 2. The van der Waals surface area contributed by atoms with Crippen LogP contribution in [0, 0.1) is 0 Å². The van der Waals surface area contributed by atoms with Crippen molar-refractivity contribution in [3.05, 3.63) is 29.1 Å². The van der Waals surface area contributed by atoms with Crippen molar-refractivity contribution < 1.29 is 9.53 Å². The van der Waals surface area contributed by atoms with E-state index in [1.807, 2.05) is 20.8 Å². The summed E-state index contributed by atoms with van der Waals surface area (Å²) in [4.78, 5) is 11.3. The van der Waals surface area contributed by atoms with Gasteiger partial charge in [-0.15, -0.1) is 10.2 Å². The first kappa shape index (κ1) is 14.4. The van der Waals surface area contributed by atoms with Gasteiger partial charge in [0.25, 0.3) is 0 Å². The molecule has 0 saturated heterocycles. The molecule has 0 radical (unpaired) electrons. The maximum absolute atomic E-state index is 11.3. The Labute approximate surface area is 111 Å². The van der Waals surface area contributed by atoms with E-state index < -0.39 is 11.7 Å². The first-order valence-corrected chi connectivity index (χ1v) is 5.87. The molecule has 0 bridgehead atoms. The molecule has 0 aliphatic rings. The van der Waals surface area contributed by atoms with Gasteiger partial charge in [0.2, 0.25) is 0 Å². The van der Waals surface area contributed by atoms with E-state index in [9.17, 15) is 4.79 Å². The van der Waals surface area contributed by atoms with Gasteiger partial charge in [-0.1, -0.05) is 17.7 Å². The van der Waals surface area contributed by atoms with E-state index in [0.717, 1.165) is 0 Å². The maximum atomic E-state index is 11.3. The largest absolute Gasteiger partial charge is 0.444 e. The predicted molar refractivity (Wildman–Crippen MR) is 70.3 cm³/mol. The van der Waals surface area contributed by atoms with Crippen LogP contribution in [0.3, 0.4) is 0 Å². The summed E-state index contributed by atoms with van der Waals surface area (Å²) in [5.41, 5.74) is 0.181. The third-order valence-electron chi connectivity index (χ3n) is 1.70. The molecule has 0 aliphatic carbocycles. The predicted octanol–water partition coefficient (Wildman–Crippen LogP) is 2.67. The van der Waals surface area contributed by atoms with E-state index in [2.05, 4.69) is 15.5 Å². The number of halogens is 1. The first-order chi connectivity index (χ1) is 8.37. The summed E-state index contributed by atoms with van der Waals surface area (Å²) in [5.74, 6) is 0. The summed E-state index contributed by atoms with van der Waals surface area (Å²) >= 11 is 5.60. The van der Waals surface area contributed by atoms with Crippen LogP contribution in [-0.2, 0) is 4.74 Å². The molecule has 1 amide bonds. The van der Waals surface area contributed by atoms with Crippen molar-refractivity contribution in [1.29, 1.82) is 0 Å². The minimum absolute atomic E-state index is 0.346. The number of carbonyl (C=O) groups excluding carboxylic acids is 1. The van der Waals surface area contributed by atoms with Crippen molar-refractivity contribution in [2.24, 2.45) is 0 Å². The van der Waals surface area contributed by atoms with Crippen LogP contribution < -0.4 is 5.32 Å². The molecule has 1 heterocycles. The van der Waals surface area contributed by atoms with Crippen LogP contribution in [0.1, 0.15) is 26.5 Å². The lowest BCUT2D eigenvalue weighted by atomic mass is 10.2. The molecule has 0 fully saturated rings. The number of ether oxygens (including phenoxy) is 1. The van der Waals surface area contributed by atoms with Gasteiger partial charge in [-0.3, -0.25) is 0 Å². The molecule has 0 saturated carbocycles. The number of hydrogen-bond donors (Lipinski definition) is 1. The molecule has 0 aromatic carbocycles. The summed E-state index contributed by atoms with van der Waals surface area (Å²) in [6, 6.07) is 3.38. The Morgan fingerprint density at radius 2 is 2.17 bits per heavy atom. The van der Waals surface area contributed by atoms with Crippen molar-refractivity contribution in [2.45, 2.75) is 26.4 Å². The highest BCUT2D eigenvalue weighted by Crippen LogP contribution is 2.06. The van der Waals surface area contributed by atoms with Crippen molar-refractivity contribution in [3.63, 3.8) is 0 Å². The van der Waals surface area contributed by atoms with Crippen LogP contribution >= 0.6 is 11.6 Å². The molecule has 6 heteroatoms. The smallest absolute Gasteiger partial charge is 0.407 e. The van der Waals surface area contributed by atoms with Crippen LogP contribution in [0.5, 0.6) is 0 Å². The highest BCUT2D eigenvalue weighted by molar-refractivity contribution is 6.29. The molecule has 1 rings (SSSR count). The van der Waals surface area contributed by atoms with Gasteiger partial charge in [-0.25, -0.2) is 4.79 Å². The second-order valence-corrected chi connectivity index (χ2v) is 4.95. The van der Waals surface area contributed by atoms with Crippen molar-refractivity contribution in [3.8, 4) is 0 Å². The summed E-state index contributed by atoms with van der Waals surface area (Å²) < 4.78 is 5.08. The van der Waals surface area contributed by atoms with Gasteiger partial charge in [0.05, 0.1) is 5.69 Å². The van der Waals surface area contributed by atoms with Crippen LogP contribution in [0.15, 0.2) is 18.2 Å². The number of aromatic nitrogens is 2. The van der Waals surface area contributed by atoms with Crippen LogP contribution in [0.2, 0.25) is 5.15 Å². The van der Waals surface area contributed by atoms with Gasteiger partial charge in [-0.2, -0.15) is 0 Å². The van der Waals surface area contributed by atoms with Gasteiger partial charge in [0.15, 0.2) is 5.15 Å². The van der Waals surface area contributed by atoms with Gasteiger partial charge in [0, 0.05) is 6.54 Å². The minimum atomic E-state index is -0.491. The van der Waals surface area contributed by atoms with Crippen molar-refractivity contribution in [2.75, 3.05) is 6.54 Å². The maximum Gasteiger partial charge on any atom is 0.407 e. The third kappa shape index (κ3) is 6.20. The average Bonchev–Trinajstić information content (AvgIpc) is 2.24. The Morgan fingerprint density at radius 1 is 1.44 bits per heavy atom. The molecule has 1 N–H and O–H groups in total. The number of amides is 1. The molecular weight excluding hydrogens is 254 g/mol. The third-order valence-corrected chi connectivity index (χ3v) is 1.91. The molecule has 0 unspecified atom stereocenters. The Morgan fingerprint density at radius 3 is 2.72 bits per heavy atom. The molecule has 5 nitrogen and oxygen atoms in total. The van der Waals surface area contributed by atoms with E-state index >= 15 is 0 Å². The van der Waals surface area contributed by atoms with Crippen LogP contribution in [-0.4, -0.2) is 28.4 Å². The fourth-order valence-corrected chi connectivity index (χ4v) is 1.15. The zero-order valence-corrected chi connectivity index (χ0v) is 11.4. The summed E-state index contributed by atoms with van der Waals surface area (Å²) in [6.07, 6.45) is 3.04. The molecule has 0 spiro atoms. The Bertz CT molecular complexity index is 424. The number of hydrogen-bond acceptors (Lipinski definition) is 4. The molecule has 98 valence electrons. The fraction of sp³-hybridized carbons (Fsp3) is 0.417. The van der Waals surface area contributed by atoms with E-state index in [-0.39, 0.29) is 0 Å². The Hall–Kier alpha value is -1.62. The van der Waals surface area contributed by atoms with Gasteiger partial charge in [-0.05, 0) is 39.0 Å². The molecule has 0 atom stereocenters. The first-order valence-electron chi connectivity index (χ1n) is 5.49. The van der Waals surface area contributed by atoms with Crippen molar-refractivity contribution >= 4 is 23.8 Å². The van der Waals surface area contributed by atoms with Gasteiger partial charge >= 0.3 is 6.09 Å². The van der Waals surface area contributed by atoms with E-state index in [1.165, 1.54) is 0 Å². The standard InChI is InChI=1S/C12H16ClN3O2/c1-12(2,3)18-11(17)14-8-4-5-9-6-7-10(13)16-15-9/h4-7H,8H2,1-3H3,(H,14,17). The van der Waals surface area contributed by atoms with E-state index in [1.54, 1.807) is 24.3 Å². The van der Waals surface area contributed by atoms with Crippen LogP contribution in [0.4, 0.5) is 4.79 Å². The molecule has 18 heavy (non-hydrogen) atoms. The Balaban J connectivity index is 2.33. The minimum Gasteiger partial charge on any atom is -0.444 e. The number of nitrogens with one attached hydrogen (secondary N) is 1. The van der Waals surface area contributed by atoms with E-state index in [0.29, 0.717) is 17.4 Å². The molecule has 1 aromatic rings. The number of alkyl carbamates (subject to hydrolysis) is 1. The van der Waals surface area contributed by atoms with E-state index in [4.69, 9.17) is 16.3 Å². The average molecular weight is 270 g/mol. The zero-order valence-electron chi connectivity index (χ0n) is 10.6. The lowest BCUT2D eigenvalue weighted by molar-refractivity contribution is 0.0534. The second kappa shape index (κ2) is 6.35. The number of carbonyl (C=O) groups is 1. The monoisotopic (exact) mass is 269 g/mol. The highest BCUT2D eigenvalue weighted by Gasteiger charge is 2.14. The number of rotatable bonds is 3. The van der Waals surface area contributed by atoms with Gasteiger partial charge in [0.1, 0.15) is 5.60 Å². The summed E-state index contributed by atoms with van der Waals surface area (Å²) in [6.45, 7) is 5.79. The lowest BCUT2D eigenvalue weighted by Gasteiger charge is -2.19. The normalized spacial score (nSPS) is 11.6. The highest BCUT2D eigenvalue weighted by atomic mass is 35.5. The quantitative estimate of drug-likeness (QED) is 0.916. The summed E-state index contributed by atoms with van der Waals surface area (Å²) in [7, 11) is 0. The fourth-order valence-electron chi connectivity index (χ4n) is 1.05. The topological polar surface area (TPSA) is 64.1 Å². The Kier molecular flexibility index (Phi) is 5.09. The lowest BCUT2D eigenvalue weighted by Crippen LogP contribution is -2.32. The van der Waals surface area contributed by atoms with Crippen molar-refractivity contribution in [1.82, 2.24) is 15.5 Å². The molecule has 0 aliphatic heterocycles. The van der Waals surface area contributed by atoms with Gasteiger partial charge < -0.3 is 10.1 Å². The molecule has 1 aromatic heterocycles. The van der Waals surface area contributed by atoms with Crippen LogP contribution in [0.25, 0.3) is 6.08 Å². The summed E-state index contributed by atoms with van der Waals surface area (Å²) in [5, 5.41) is 10.5. The zero-order chi connectivity index (χ0) is 13.6. The second-order valence-electron chi connectivity index (χ2n) is 4.57. The SMILES string of the molecule is CC(C)(C)OC(=O)NCC=Cc1ccc(Cl)nn1.